The second-order valence-corrected chi connectivity index (χ2v) is 10.5. The summed E-state index contributed by atoms with van der Waals surface area (Å²) in [6.45, 7) is 1.00. The molecule has 3 saturated heterocycles. The third-order valence-electron chi connectivity index (χ3n) is 7.22. The maximum Gasteiger partial charge on any atom is 0.364 e. The van der Waals surface area contributed by atoms with Crippen molar-refractivity contribution in [3.05, 3.63) is 0 Å². The Balaban J connectivity index is 1.92. The Hall–Kier alpha value is -2.60. The molecule has 3 aliphatic heterocycles. The molecular weight excluding hydrogens is 602 g/mol. The number of hydrogen-bond acceptors (Lipinski definition) is 16. The molecule has 10 N–H and O–H groups in total. The molecule has 3 heterocycles. The normalized spacial score (nSPS) is 38.1. The topological polar surface area (TPSA) is 304 Å². The number of fused-ring (bicyclic) bond motifs is 2. The first kappa shape index (κ1) is 35.9. The minimum Gasteiger partial charge on any atom is -0.477 e. The predicted octanol–water partition coefficient (Wildman–Crippen LogP) is -5.12. The number of amides is 2. The third kappa shape index (κ3) is 8.16. The lowest BCUT2D eigenvalue weighted by molar-refractivity contribution is -0.376. The fraction of sp³-hybridized carbons (Fsp3) is 0.833. The number of nitrogens with one attached hydrogen (secondary N) is 2. The van der Waals surface area contributed by atoms with Crippen LogP contribution >= 0.6 is 0 Å². The van der Waals surface area contributed by atoms with E-state index >= 15 is 0 Å². The van der Waals surface area contributed by atoms with Crippen LogP contribution in [0.4, 0.5) is 0 Å². The van der Waals surface area contributed by atoms with Gasteiger partial charge < -0.3 is 74.5 Å². The molecule has 44 heavy (non-hydrogen) atoms. The zero-order valence-corrected chi connectivity index (χ0v) is 23.9. The molecule has 20 nitrogen and oxygen atoms in total. The van der Waals surface area contributed by atoms with Gasteiger partial charge in [-0.3, -0.25) is 9.59 Å². The second-order valence-electron chi connectivity index (χ2n) is 10.5. The van der Waals surface area contributed by atoms with Crippen molar-refractivity contribution in [1.29, 1.82) is 0 Å². The molecule has 0 unspecified atom stereocenters. The van der Waals surface area contributed by atoms with Gasteiger partial charge in [-0.05, 0) is 0 Å². The first-order chi connectivity index (χ1) is 20.7. The molecule has 0 aromatic rings. The molecule has 0 aliphatic carbocycles. The van der Waals surface area contributed by atoms with Crippen LogP contribution in [-0.2, 0) is 52.4 Å². The molecule has 2 bridgehead atoms. The number of hydrogen-bond donors (Lipinski definition) is 9. The minimum atomic E-state index is -2.71. The summed E-state index contributed by atoms with van der Waals surface area (Å²) in [7, 11) is 0. The van der Waals surface area contributed by atoms with Gasteiger partial charge in [0, 0.05) is 26.7 Å². The third-order valence-corrected chi connectivity index (χ3v) is 7.22. The molecule has 3 aliphatic rings. The SMILES string of the molecule is CC(=O)N[C@H]1[C@H]2O[C@@](C(=O)O)(C[C@@H]1O)O[C@@H]([C@H](O)[C@@H]1O[C@@](OCCOCCON)(C(=O)O)C[C@H](O)[C@H]1NC(C)=O)CO[C@H]2O. The van der Waals surface area contributed by atoms with E-state index < -0.39 is 110 Å². The summed E-state index contributed by atoms with van der Waals surface area (Å²) in [6.07, 6.45) is -14.2. The van der Waals surface area contributed by atoms with Crippen LogP contribution < -0.4 is 16.5 Å². The fourth-order valence-corrected chi connectivity index (χ4v) is 5.25. The first-order valence-corrected chi connectivity index (χ1v) is 13.6. The maximum atomic E-state index is 12.4. The zero-order valence-electron chi connectivity index (χ0n) is 23.9. The molecule has 0 aromatic carbocycles. The lowest BCUT2D eigenvalue weighted by Crippen LogP contribution is -2.71. The van der Waals surface area contributed by atoms with Gasteiger partial charge in [0.2, 0.25) is 11.8 Å². The first-order valence-electron chi connectivity index (χ1n) is 13.6. The molecular formula is C24H39N3O17. The largest absolute Gasteiger partial charge is 0.477 e. The molecule has 0 spiro atoms. The number of aliphatic hydroxyl groups excluding tert-OH is 4. The van der Waals surface area contributed by atoms with Gasteiger partial charge >= 0.3 is 11.9 Å². The monoisotopic (exact) mass is 641 g/mol. The second kappa shape index (κ2) is 15.1. The van der Waals surface area contributed by atoms with Crippen LogP contribution in [-0.4, -0.2) is 154 Å². The summed E-state index contributed by atoms with van der Waals surface area (Å²) in [5.74, 6) is -5.21. The van der Waals surface area contributed by atoms with Crippen molar-refractivity contribution < 1.29 is 83.1 Å². The number of nitrogens with two attached hydrogens (primary N) is 1. The number of aliphatic carboxylic acids is 2. The van der Waals surface area contributed by atoms with E-state index in [2.05, 4.69) is 15.5 Å². The Kier molecular flexibility index (Phi) is 12.3. The van der Waals surface area contributed by atoms with Crippen molar-refractivity contribution in [3.63, 3.8) is 0 Å². The lowest BCUT2D eigenvalue weighted by atomic mass is 9.87. The maximum absolute atomic E-state index is 12.4. The number of carbonyl (C=O) groups excluding carboxylic acids is 2. The van der Waals surface area contributed by atoms with Crippen LogP contribution in [0, 0.1) is 0 Å². The fourth-order valence-electron chi connectivity index (χ4n) is 5.25. The number of carbonyl (C=O) groups is 4. The Bertz CT molecular complexity index is 1040. The average molecular weight is 642 g/mol. The highest BCUT2D eigenvalue weighted by Crippen LogP contribution is 2.39. The standard InChI is InChI=1S/C24H39N3O17/c1-10(28)26-15-12(30)7-23(21(34)35,40-5-3-38-4-6-41-25)43-18(15)17(32)14-9-39-20(33)19-16(27-11(2)29)13(31)8-24(42-14,44-19)22(36)37/h12-20,30-33H,3-9,25H2,1-2H3,(H,26,28)(H,27,29)(H,34,35)(H,36,37)/t12-,13-,14+,15+,16+,17-,18+,19+,20+,23+,24+/m0/s1. The van der Waals surface area contributed by atoms with E-state index in [0.717, 1.165) is 13.8 Å². The van der Waals surface area contributed by atoms with Gasteiger partial charge in [0.15, 0.2) is 6.29 Å². The number of carboxylic acids is 2. The number of ether oxygens (including phenoxy) is 6. The van der Waals surface area contributed by atoms with Crippen LogP contribution in [0.15, 0.2) is 0 Å². The van der Waals surface area contributed by atoms with Gasteiger partial charge in [0.1, 0.15) is 24.4 Å². The van der Waals surface area contributed by atoms with E-state index in [4.69, 9.17) is 34.3 Å². The van der Waals surface area contributed by atoms with Crippen LogP contribution in [0.25, 0.3) is 0 Å². The van der Waals surface area contributed by atoms with Crippen molar-refractivity contribution in [2.24, 2.45) is 5.90 Å². The number of carboxylic acid groups (broad SMARTS) is 2. The van der Waals surface area contributed by atoms with Crippen molar-refractivity contribution in [2.75, 3.05) is 33.0 Å². The van der Waals surface area contributed by atoms with Gasteiger partial charge in [-0.15, -0.1) is 0 Å². The van der Waals surface area contributed by atoms with E-state index in [1.807, 2.05) is 0 Å². The smallest absolute Gasteiger partial charge is 0.364 e. The van der Waals surface area contributed by atoms with Crippen molar-refractivity contribution >= 4 is 23.8 Å². The molecule has 252 valence electrons. The molecule has 11 atom stereocenters. The minimum absolute atomic E-state index is 0.0390. The quantitative estimate of drug-likeness (QED) is 0.0670. The van der Waals surface area contributed by atoms with Gasteiger partial charge in [-0.2, -0.15) is 0 Å². The van der Waals surface area contributed by atoms with E-state index in [-0.39, 0.29) is 26.4 Å². The van der Waals surface area contributed by atoms with E-state index in [9.17, 15) is 49.8 Å². The Morgan fingerprint density at radius 2 is 1.50 bits per heavy atom. The van der Waals surface area contributed by atoms with Crippen LogP contribution in [0.2, 0.25) is 0 Å². The van der Waals surface area contributed by atoms with Gasteiger partial charge in [-0.1, -0.05) is 0 Å². The lowest BCUT2D eigenvalue weighted by Gasteiger charge is -2.50. The summed E-state index contributed by atoms with van der Waals surface area (Å²) in [6, 6.07) is -2.79. The summed E-state index contributed by atoms with van der Waals surface area (Å²) in [4.78, 5) is 52.8. The van der Waals surface area contributed by atoms with E-state index in [1.54, 1.807) is 0 Å². The van der Waals surface area contributed by atoms with E-state index in [1.165, 1.54) is 0 Å². The van der Waals surface area contributed by atoms with Crippen molar-refractivity contribution in [1.82, 2.24) is 10.6 Å². The number of rotatable bonds is 13. The Morgan fingerprint density at radius 3 is 2.09 bits per heavy atom. The molecule has 2 amide bonds. The van der Waals surface area contributed by atoms with Crippen LogP contribution in [0.3, 0.4) is 0 Å². The molecule has 20 heteroatoms. The summed E-state index contributed by atoms with van der Waals surface area (Å²) in [5, 5.41) is 68.7. The molecule has 3 fully saturated rings. The highest BCUT2D eigenvalue weighted by Gasteiger charge is 2.60. The van der Waals surface area contributed by atoms with Gasteiger partial charge in [0.05, 0.1) is 57.3 Å². The van der Waals surface area contributed by atoms with Gasteiger partial charge in [-0.25, -0.2) is 15.5 Å². The van der Waals surface area contributed by atoms with Crippen molar-refractivity contribution in [2.45, 2.75) is 93.3 Å². The predicted molar refractivity (Wildman–Crippen MR) is 137 cm³/mol. The Morgan fingerprint density at radius 1 is 0.886 bits per heavy atom. The highest BCUT2D eigenvalue weighted by atomic mass is 16.8. The molecule has 0 aromatic heterocycles. The molecule has 3 rings (SSSR count). The zero-order chi connectivity index (χ0) is 32.8. The van der Waals surface area contributed by atoms with E-state index in [0.29, 0.717) is 0 Å². The Labute approximate surface area is 250 Å². The van der Waals surface area contributed by atoms with Gasteiger partial charge in [0.25, 0.3) is 11.6 Å². The molecule has 0 radical (unpaired) electrons. The highest BCUT2D eigenvalue weighted by molar-refractivity contribution is 5.77. The van der Waals surface area contributed by atoms with Crippen LogP contribution in [0.1, 0.15) is 26.7 Å². The summed E-state index contributed by atoms with van der Waals surface area (Å²) < 4.78 is 32.9. The van der Waals surface area contributed by atoms with Crippen molar-refractivity contribution in [3.8, 4) is 0 Å². The summed E-state index contributed by atoms with van der Waals surface area (Å²) >= 11 is 0. The molecule has 0 saturated carbocycles. The van der Waals surface area contributed by atoms with Crippen LogP contribution in [0.5, 0.6) is 0 Å². The average Bonchev–Trinajstić information content (AvgIpc) is 2.93. The number of aliphatic hydroxyl groups is 4. The summed E-state index contributed by atoms with van der Waals surface area (Å²) in [5.41, 5.74) is 0.